The lowest BCUT2D eigenvalue weighted by Crippen LogP contribution is -2.40. The predicted octanol–water partition coefficient (Wildman–Crippen LogP) is 5.18. The molecule has 1 aliphatic heterocycles. The second kappa shape index (κ2) is 8.94. The lowest BCUT2D eigenvalue weighted by atomic mass is 9.94. The monoisotopic (exact) mass is 463 g/mol. The number of ketones is 1. The number of likely N-dealkylation sites (tertiary alicyclic amines) is 1. The van der Waals surface area contributed by atoms with Gasteiger partial charge in [0.2, 0.25) is 0 Å². The molecule has 0 spiro atoms. The van der Waals surface area contributed by atoms with Crippen molar-refractivity contribution in [2.45, 2.75) is 25.8 Å². The van der Waals surface area contributed by atoms with Crippen LogP contribution in [0.25, 0.3) is 21.1 Å². The first kappa shape index (κ1) is 21.0. The van der Waals surface area contributed by atoms with Gasteiger partial charge in [-0.25, -0.2) is 4.98 Å². The summed E-state index contributed by atoms with van der Waals surface area (Å²) in [5, 5.41) is 7.85. The van der Waals surface area contributed by atoms with Gasteiger partial charge in [0.05, 0.1) is 10.9 Å². The summed E-state index contributed by atoms with van der Waals surface area (Å²) >= 11 is 7.85. The Hall–Kier alpha value is -2.87. The van der Waals surface area contributed by atoms with Gasteiger partial charge in [-0.3, -0.25) is 19.8 Å². The summed E-state index contributed by atoms with van der Waals surface area (Å²) in [5.74, 6) is 0.859. The number of aromatic nitrogens is 4. The fraction of sp³-hybridized carbons (Fsp3) is 0.250. The van der Waals surface area contributed by atoms with Crippen molar-refractivity contribution in [3.8, 4) is 21.1 Å². The van der Waals surface area contributed by atoms with Crippen LogP contribution in [-0.2, 0) is 11.2 Å². The molecule has 1 atom stereocenters. The average Bonchev–Trinajstić information content (AvgIpc) is 3.41. The SMILES string of the molecule is CC(=O)Cc1cc(-c2cc(C(c3ccc(Cl)cc3)N3CCC3)c(-c3ncn[nH]3)s2)ccn1. The molecule has 6 nitrogen and oxygen atoms in total. The summed E-state index contributed by atoms with van der Waals surface area (Å²) in [7, 11) is 0. The van der Waals surface area contributed by atoms with Crippen LogP contribution in [-0.4, -0.2) is 43.9 Å². The molecule has 0 amide bonds. The van der Waals surface area contributed by atoms with Gasteiger partial charge in [-0.2, -0.15) is 5.10 Å². The molecule has 1 unspecified atom stereocenters. The van der Waals surface area contributed by atoms with Crippen LogP contribution in [0, 0.1) is 0 Å². The summed E-state index contributed by atoms with van der Waals surface area (Å²) in [6, 6.07) is 14.4. The first-order valence-electron chi connectivity index (χ1n) is 10.5. The topological polar surface area (TPSA) is 74.8 Å². The summed E-state index contributed by atoms with van der Waals surface area (Å²) in [4.78, 5) is 25.0. The van der Waals surface area contributed by atoms with E-state index in [1.54, 1.807) is 24.5 Å². The fourth-order valence-corrected chi connectivity index (χ4v) is 5.32. The van der Waals surface area contributed by atoms with E-state index in [0.29, 0.717) is 6.42 Å². The first-order chi connectivity index (χ1) is 15.6. The van der Waals surface area contributed by atoms with Gasteiger partial charge < -0.3 is 0 Å². The number of hydrogen-bond acceptors (Lipinski definition) is 6. The van der Waals surface area contributed by atoms with Crippen LogP contribution in [0.3, 0.4) is 0 Å². The van der Waals surface area contributed by atoms with Gasteiger partial charge in [0.15, 0.2) is 5.82 Å². The molecule has 1 aliphatic rings. The second-order valence-corrected chi connectivity index (χ2v) is 9.48. The van der Waals surface area contributed by atoms with E-state index >= 15 is 0 Å². The Labute approximate surface area is 195 Å². The smallest absolute Gasteiger partial charge is 0.165 e. The Morgan fingerprint density at radius 2 is 2.00 bits per heavy atom. The van der Waals surface area contributed by atoms with Crippen molar-refractivity contribution in [1.29, 1.82) is 0 Å². The maximum absolute atomic E-state index is 11.6. The molecular formula is C24H22ClN5OS. The zero-order chi connectivity index (χ0) is 22.1. The molecule has 0 aliphatic carbocycles. The lowest BCUT2D eigenvalue weighted by Gasteiger charge is -2.39. The molecule has 0 bridgehead atoms. The summed E-state index contributed by atoms with van der Waals surface area (Å²) < 4.78 is 0. The number of nitrogens with one attached hydrogen (secondary N) is 1. The van der Waals surface area contributed by atoms with Gasteiger partial charge in [-0.15, -0.1) is 11.3 Å². The van der Waals surface area contributed by atoms with Crippen LogP contribution in [0.5, 0.6) is 0 Å². The van der Waals surface area contributed by atoms with Crippen molar-refractivity contribution in [3.63, 3.8) is 0 Å². The third-order valence-corrected chi connectivity index (χ3v) is 7.12. The molecule has 1 saturated heterocycles. The third-order valence-electron chi connectivity index (χ3n) is 5.66. The first-order valence-corrected chi connectivity index (χ1v) is 11.7. The van der Waals surface area contributed by atoms with Gasteiger partial charge in [0.1, 0.15) is 12.1 Å². The van der Waals surface area contributed by atoms with Crippen molar-refractivity contribution in [1.82, 2.24) is 25.1 Å². The van der Waals surface area contributed by atoms with E-state index in [4.69, 9.17) is 11.6 Å². The van der Waals surface area contributed by atoms with Gasteiger partial charge in [0, 0.05) is 41.3 Å². The number of carbonyl (C=O) groups is 1. The zero-order valence-corrected chi connectivity index (χ0v) is 19.2. The minimum atomic E-state index is 0.101. The van der Waals surface area contributed by atoms with Crippen molar-refractivity contribution in [3.05, 3.63) is 76.8 Å². The molecule has 162 valence electrons. The number of aromatic amines is 1. The number of halogens is 1. The molecule has 0 saturated carbocycles. The second-order valence-electron chi connectivity index (χ2n) is 7.99. The van der Waals surface area contributed by atoms with E-state index in [9.17, 15) is 4.79 Å². The number of nitrogens with zero attached hydrogens (tertiary/aromatic N) is 4. The highest BCUT2D eigenvalue weighted by Gasteiger charge is 2.31. The quantitative estimate of drug-likeness (QED) is 0.409. The Bertz CT molecular complexity index is 1230. The van der Waals surface area contributed by atoms with Crippen LogP contribution in [0.1, 0.15) is 36.2 Å². The Morgan fingerprint density at radius 1 is 1.19 bits per heavy atom. The molecule has 4 aromatic rings. The van der Waals surface area contributed by atoms with E-state index < -0.39 is 0 Å². The third kappa shape index (κ3) is 4.24. The number of hydrogen-bond donors (Lipinski definition) is 1. The molecule has 4 heterocycles. The Kier molecular flexibility index (Phi) is 5.87. The van der Waals surface area contributed by atoms with Gasteiger partial charge in [-0.1, -0.05) is 23.7 Å². The standard InChI is InChI=1S/C24H22ClN5OS/c1-15(31)11-19-12-17(7-8-26-19)21-13-20(23(32-21)24-27-14-28-29-24)22(30-9-2-10-30)16-3-5-18(25)6-4-16/h3-8,12-14,22H,2,9-11H2,1H3,(H,27,28,29). The van der Waals surface area contributed by atoms with E-state index in [1.807, 2.05) is 24.3 Å². The van der Waals surface area contributed by atoms with Gasteiger partial charge in [-0.05, 0) is 60.4 Å². The molecule has 3 aromatic heterocycles. The average molecular weight is 464 g/mol. The largest absolute Gasteiger partial charge is 0.300 e. The number of carbonyl (C=O) groups excluding carboxylic acids is 1. The molecule has 1 fully saturated rings. The number of H-pyrrole nitrogens is 1. The summed E-state index contributed by atoms with van der Waals surface area (Å²) in [5.41, 5.74) is 4.22. The number of rotatable bonds is 7. The number of pyridine rings is 1. The van der Waals surface area contributed by atoms with E-state index in [2.05, 4.69) is 43.3 Å². The van der Waals surface area contributed by atoms with E-state index in [1.165, 1.54) is 23.9 Å². The maximum Gasteiger partial charge on any atom is 0.165 e. The van der Waals surface area contributed by atoms with E-state index in [0.717, 1.165) is 44.9 Å². The van der Waals surface area contributed by atoms with Crippen molar-refractivity contribution in [2.24, 2.45) is 0 Å². The Morgan fingerprint density at radius 3 is 2.66 bits per heavy atom. The van der Waals surface area contributed by atoms with Crippen LogP contribution < -0.4 is 0 Å². The highest BCUT2D eigenvalue weighted by Crippen LogP contribution is 2.44. The highest BCUT2D eigenvalue weighted by molar-refractivity contribution is 7.19. The molecule has 1 N–H and O–H groups in total. The lowest BCUT2D eigenvalue weighted by molar-refractivity contribution is -0.116. The van der Waals surface area contributed by atoms with Crippen molar-refractivity contribution < 1.29 is 4.79 Å². The van der Waals surface area contributed by atoms with Crippen LogP contribution in [0.4, 0.5) is 0 Å². The molecular weight excluding hydrogens is 442 g/mol. The van der Waals surface area contributed by atoms with Crippen molar-refractivity contribution in [2.75, 3.05) is 13.1 Å². The number of Topliss-reactive ketones (excluding diaryl/α,β-unsaturated/α-hetero) is 1. The Balaban J connectivity index is 1.63. The van der Waals surface area contributed by atoms with Gasteiger partial charge >= 0.3 is 0 Å². The van der Waals surface area contributed by atoms with Crippen molar-refractivity contribution >= 4 is 28.7 Å². The molecule has 1 aromatic carbocycles. The van der Waals surface area contributed by atoms with Crippen LogP contribution in [0.2, 0.25) is 5.02 Å². The minimum Gasteiger partial charge on any atom is -0.300 e. The van der Waals surface area contributed by atoms with Crippen LogP contribution in [0.15, 0.2) is 55.0 Å². The van der Waals surface area contributed by atoms with Crippen LogP contribution >= 0.6 is 22.9 Å². The highest BCUT2D eigenvalue weighted by atomic mass is 35.5. The molecule has 5 rings (SSSR count). The zero-order valence-electron chi connectivity index (χ0n) is 17.6. The number of benzene rings is 1. The number of thiophene rings is 1. The normalized spacial score (nSPS) is 14.8. The fourth-order valence-electron chi connectivity index (χ4n) is 4.06. The van der Waals surface area contributed by atoms with E-state index in [-0.39, 0.29) is 11.8 Å². The molecule has 32 heavy (non-hydrogen) atoms. The molecule has 8 heteroatoms. The summed E-state index contributed by atoms with van der Waals surface area (Å²) in [6.07, 6.45) is 4.84. The van der Waals surface area contributed by atoms with Gasteiger partial charge in [0.25, 0.3) is 0 Å². The minimum absolute atomic E-state index is 0.101. The maximum atomic E-state index is 11.6. The molecule has 0 radical (unpaired) electrons. The summed E-state index contributed by atoms with van der Waals surface area (Å²) in [6.45, 7) is 3.68. The predicted molar refractivity (Wildman–Crippen MR) is 127 cm³/mol.